The summed E-state index contributed by atoms with van der Waals surface area (Å²) in [5.74, 6) is 1.17. The van der Waals surface area contributed by atoms with E-state index in [1.807, 2.05) is 0 Å². The first-order chi connectivity index (χ1) is 12.0. The molecule has 4 heteroatoms. The van der Waals surface area contributed by atoms with Crippen molar-refractivity contribution in [3.05, 3.63) is 29.8 Å². The van der Waals surface area contributed by atoms with Gasteiger partial charge in [-0.3, -0.25) is 4.48 Å². The molecule has 5 fully saturated rings. The summed E-state index contributed by atoms with van der Waals surface area (Å²) in [7, 11) is 4.51. The van der Waals surface area contributed by atoms with Crippen LogP contribution in [0.4, 0.5) is 5.69 Å². The van der Waals surface area contributed by atoms with Gasteiger partial charge in [-0.1, -0.05) is 25.1 Å². The van der Waals surface area contributed by atoms with Crippen LogP contribution >= 0.6 is 0 Å². The Labute approximate surface area is 149 Å². The number of para-hydroxylation sites is 1. The molecule has 2 N–H and O–H groups in total. The minimum absolute atomic E-state index is 0.125. The maximum atomic E-state index is 11.7. The standard InChI is InChI=1S/C21H29N2O2/c1-4-11-12-9-15-18-21(13-7-5-6-8-14(13)22(18)2)10-16(17(12)19(21)24)23(15,3)20(11)25/h5-8,11-12,15-20,24-25H,4,9-10H2,1-3H3/q+1/t11-,12-,15-,16+,17-,18-,19+,20-,21-,23?/m1/s1. The number of aliphatic hydroxyl groups excluding tert-OH is 2. The molecule has 1 unspecified atom stereocenters. The summed E-state index contributed by atoms with van der Waals surface area (Å²) in [5, 5.41) is 23.1. The van der Waals surface area contributed by atoms with Gasteiger partial charge in [-0.05, 0) is 24.0 Å². The van der Waals surface area contributed by atoms with Crippen molar-refractivity contribution >= 4 is 5.69 Å². The number of hydrogen-bond donors (Lipinski definition) is 2. The van der Waals surface area contributed by atoms with E-state index in [4.69, 9.17) is 0 Å². The Kier molecular flexibility index (Phi) is 2.54. The highest BCUT2D eigenvalue weighted by Crippen LogP contribution is 2.70. The molecule has 1 aromatic rings. The van der Waals surface area contributed by atoms with Crippen molar-refractivity contribution in [3.8, 4) is 0 Å². The topological polar surface area (TPSA) is 43.7 Å². The number of anilines is 1. The van der Waals surface area contributed by atoms with E-state index in [0.717, 1.165) is 23.7 Å². The largest absolute Gasteiger partial charge is 0.392 e. The summed E-state index contributed by atoms with van der Waals surface area (Å²) in [6.45, 7) is 2.21. The fraction of sp³-hybridized carbons (Fsp3) is 0.714. The van der Waals surface area contributed by atoms with E-state index >= 15 is 0 Å². The summed E-state index contributed by atoms with van der Waals surface area (Å²) < 4.78 is 0.779. The highest BCUT2D eigenvalue weighted by Gasteiger charge is 2.82. The van der Waals surface area contributed by atoms with Crippen molar-refractivity contribution in [1.82, 2.24) is 0 Å². The number of aliphatic hydroxyl groups is 2. The van der Waals surface area contributed by atoms with E-state index in [9.17, 15) is 10.2 Å². The van der Waals surface area contributed by atoms with Gasteiger partial charge in [0, 0.05) is 37.4 Å². The number of piperidine rings is 4. The van der Waals surface area contributed by atoms with Crippen LogP contribution in [-0.4, -0.2) is 59.2 Å². The van der Waals surface area contributed by atoms with Crippen molar-refractivity contribution in [2.75, 3.05) is 19.0 Å². The highest BCUT2D eigenvalue weighted by molar-refractivity contribution is 5.66. The van der Waals surface area contributed by atoms with E-state index in [2.05, 4.69) is 50.2 Å². The monoisotopic (exact) mass is 341 g/mol. The first kappa shape index (κ1) is 15.0. The Morgan fingerprint density at radius 2 is 2.00 bits per heavy atom. The van der Waals surface area contributed by atoms with Crippen molar-refractivity contribution in [2.24, 2.45) is 17.8 Å². The van der Waals surface area contributed by atoms with Crippen LogP contribution in [-0.2, 0) is 5.41 Å². The van der Waals surface area contributed by atoms with Gasteiger partial charge in [0.1, 0.15) is 6.04 Å². The first-order valence-corrected chi connectivity index (χ1v) is 10.0. The summed E-state index contributed by atoms with van der Waals surface area (Å²) in [5.41, 5.74) is 2.54. The first-order valence-electron chi connectivity index (χ1n) is 10.0. The summed E-state index contributed by atoms with van der Waals surface area (Å²) in [6, 6.07) is 9.87. The fourth-order valence-corrected chi connectivity index (χ4v) is 8.58. The van der Waals surface area contributed by atoms with Gasteiger partial charge in [-0.2, -0.15) is 0 Å². The lowest BCUT2D eigenvalue weighted by Crippen LogP contribution is -2.81. The van der Waals surface area contributed by atoms with Gasteiger partial charge in [0.15, 0.2) is 6.23 Å². The molecule has 5 heterocycles. The van der Waals surface area contributed by atoms with E-state index in [1.54, 1.807) is 0 Å². The van der Waals surface area contributed by atoms with Crippen molar-refractivity contribution in [3.63, 3.8) is 0 Å². The van der Waals surface area contributed by atoms with Gasteiger partial charge in [0.2, 0.25) is 0 Å². The molecular weight excluding hydrogens is 312 g/mol. The van der Waals surface area contributed by atoms with Crippen LogP contribution < -0.4 is 4.90 Å². The Hall–Kier alpha value is -1.10. The average Bonchev–Trinajstić information content (AvgIpc) is 2.99. The number of hydrogen-bond acceptors (Lipinski definition) is 3. The number of likely N-dealkylation sites (N-methyl/N-ethyl adjacent to an activating group) is 2. The third-order valence-electron chi connectivity index (χ3n) is 9.39. The van der Waals surface area contributed by atoms with Gasteiger partial charge < -0.3 is 15.1 Å². The summed E-state index contributed by atoms with van der Waals surface area (Å²) >= 11 is 0. The predicted octanol–water partition coefficient (Wildman–Crippen LogP) is 1.70. The minimum Gasteiger partial charge on any atom is -0.392 e. The normalized spacial score (nSPS) is 57.1. The van der Waals surface area contributed by atoms with Gasteiger partial charge in [-0.25, -0.2) is 0 Å². The molecule has 4 saturated heterocycles. The van der Waals surface area contributed by atoms with Crippen LogP contribution in [0.15, 0.2) is 24.3 Å². The molecule has 10 atom stereocenters. The molecule has 0 amide bonds. The lowest BCUT2D eigenvalue weighted by atomic mass is 9.61. The molecule has 6 aliphatic rings. The Bertz CT molecular complexity index is 768. The molecule has 5 aliphatic heterocycles. The molecule has 4 nitrogen and oxygen atoms in total. The van der Waals surface area contributed by atoms with Crippen LogP contribution in [0.5, 0.6) is 0 Å². The minimum atomic E-state index is -0.273. The van der Waals surface area contributed by atoms with Crippen LogP contribution in [0.25, 0.3) is 0 Å². The zero-order valence-electron chi connectivity index (χ0n) is 15.3. The number of benzene rings is 1. The van der Waals surface area contributed by atoms with Crippen molar-refractivity contribution in [2.45, 2.75) is 62.1 Å². The second-order valence-electron chi connectivity index (χ2n) is 9.58. The Balaban J connectivity index is 1.63. The van der Waals surface area contributed by atoms with Crippen LogP contribution in [0.2, 0.25) is 0 Å². The lowest BCUT2D eigenvalue weighted by molar-refractivity contribution is -1.02. The van der Waals surface area contributed by atoms with E-state index in [1.165, 1.54) is 11.3 Å². The molecular formula is C21H29N2O2+. The maximum Gasteiger partial charge on any atom is 0.193 e. The number of quaternary nitrogens is 1. The lowest BCUT2D eigenvalue weighted by Gasteiger charge is -2.66. The summed E-state index contributed by atoms with van der Waals surface area (Å²) in [6.07, 6.45) is 2.67. The molecule has 0 aromatic heterocycles. The molecule has 1 saturated carbocycles. The average molecular weight is 341 g/mol. The number of fused-ring (bicyclic) bond motifs is 2. The zero-order chi connectivity index (χ0) is 17.3. The molecule has 1 aromatic carbocycles. The molecule has 1 spiro atoms. The van der Waals surface area contributed by atoms with Crippen molar-refractivity contribution in [1.29, 1.82) is 0 Å². The summed E-state index contributed by atoms with van der Waals surface area (Å²) in [4.78, 5) is 2.44. The molecule has 7 rings (SSSR count). The zero-order valence-corrected chi connectivity index (χ0v) is 15.3. The SMILES string of the molecule is CC[C@@H]1[C@H]2C[C@@H]3[C@H]4N(C)c5ccccc5[C@]45C[C@@H]([C@@H]2[C@@H]5O)[N+]3(C)[C@@H]1O. The third kappa shape index (κ3) is 1.27. The number of rotatable bonds is 1. The van der Waals surface area contributed by atoms with Crippen LogP contribution in [0.3, 0.4) is 0 Å². The van der Waals surface area contributed by atoms with E-state index < -0.39 is 0 Å². The molecule has 5 bridgehead atoms. The van der Waals surface area contributed by atoms with Gasteiger partial charge in [-0.15, -0.1) is 0 Å². The smallest absolute Gasteiger partial charge is 0.193 e. The second kappa shape index (κ2) is 4.24. The quantitative estimate of drug-likeness (QED) is 0.764. The van der Waals surface area contributed by atoms with Crippen LogP contribution in [0.1, 0.15) is 31.7 Å². The molecule has 1 aliphatic carbocycles. The van der Waals surface area contributed by atoms with E-state index in [0.29, 0.717) is 35.9 Å². The van der Waals surface area contributed by atoms with Gasteiger partial charge in [0.05, 0.1) is 30.7 Å². The molecule has 134 valence electrons. The Morgan fingerprint density at radius 1 is 1.24 bits per heavy atom. The molecule has 0 radical (unpaired) electrons. The molecule has 25 heavy (non-hydrogen) atoms. The second-order valence-corrected chi connectivity index (χ2v) is 9.58. The predicted molar refractivity (Wildman–Crippen MR) is 96.1 cm³/mol. The third-order valence-corrected chi connectivity index (χ3v) is 9.39. The fourth-order valence-electron chi connectivity index (χ4n) is 8.58. The Morgan fingerprint density at radius 3 is 2.76 bits per heavy atom. The number of nitrogens with zero attached hydrogens (tertiary/aromatic N) is 2. The van der Waals surface area contributed by atoms with Gasteiger partial charge in [0.25, 0.3) is 0 Å². The highest BCUT2D eigenvalue weighted by atomic mass is 16.3. The maximum absolute atomic E-state index is 11.7. The van der Waals surface area contributed by atoms with Gasteiger partial charge >= 0.3 is 0 Å². The van der Waals surface area contributed by atoms with E-state index in [-0.39, 0.29) is 17.7 Å². The van der Waals surface area contributed by atoms with Crippen molar-refractivity contribution < 1.29 is 14.7 Å². The van der Waals surface area contributed by atoms with Crippen LogP contribution in [0, 0.1) is 17.8 Å².